The second kappa shape index (κ2) is 4.08. The van der Waals surface area contributed by atoms with Crippen molar-refractivity contribution in [3.63, 3.8) is 0 Å². The Morgan fingerprint density at radius 3 is 3.00 bits per heavy atom. The smallest absolute Gasteiger partial charge is 0.295 e. The zero-order valence-electron chi connectivity index (χ0n) is 12.0. The topological polar surface area (TPSA) is 62.4 Å². The summed E-state index contributed by atoms with van der Waals surface area (Å²) in [6, 6.07) is 8.37. The van der Waals surface area contributed by atoms with E-state index in [1.807, 2.05) is 6.07 Å². The molecule has 5 rings (SSSR count). The first-order chi connectivity index (χ1) is 10.7. The molecule has 3 heterocycles. The quantitative estimate of drug-likeness (QED) is 0.608. The Morgan fingerprint density at radius 1 is 1.23 bits per heavy atom. The number of aromatic nitrogens is 3. The Bertz CT molecular complexity index is 929. The maximum Gasteiger partial charge on any atom is 0.295 e. The number of nitrogens with zero attached hydrogens (tertiary/aromatic N) is 3. The third-order valence-electron chi connectivity index (χ3n) is 4.89. The number of fused-ring (bicyclic) bond motifs is 7. The first kappa shape index (κ1) is 12.2. The van der Waals surface area contributed by atoms with E-state index >= 15 is 0 Å². The molecule has 1 aliphatic heterocycles. The molecule has 2 aromatic heterocycles. The van der Waals surface area contributed by atoms with Crippen molar-refractivity contribution in [1.82, 2.24) is 9.55 Å². The Hall–Kier alpha value is -2.40. The standard InChI is InChI=1S/C17H15N3O2/c21-11-7-14-17(22)20-9-18-15-12-4-2-1-3-10(12)5-6-13(15)16(20)19(14)8-11/h1-4,9,11,21H,5-8H2/p+1. The van der Waals surface area contributed by atoms with Crippen molar-refractivity contribution in [2.75, 3.05) is 0 Å². The minimum atomic E-state index is -0.411. The third-order valence-corrected chi connectivity index (χ3v) is 4.89. The van der Waals surface area contributed by atoms with E-state index in [0.717, 1.165) is 35.4 Å². The number of benzene rings is 1. The summed E-state index contributed by atoms with van der Waals surface area (Å²) in [5, 5.41) is 20.3. The van der Waals surface area contributed by atoms with Crippen LogP contribution in [-0.4, -0.2) is 25.9 Å². The summed E-state index contributed by atoms with van der Waals surface area (Å²) in [6.45, 7) is 0.539. The van der Waals surface area contributed by atoms with Gasteiger partial charge in [-0.05, 0) is 18.4 Å². The van der Waals surface area contributed by atoms with Crippen LogP contribution in [-0.2, 0) is 25.8 Å². The van der Waals surface area contributed by atoms with Crippen molar-refractivity contribution in [3.8, 4) is 17.1 Å². The van der Waals surface area contributed by atoms with E-state index in [0.29, 0.717) is 13.0 Å². The van der Waals surface area contributed by atoms with Crippen LogP contribution in [0, 0.1) is 0 Å². The molecule has 22 heavy (non-hydrogen) atoms. The van der Waals surface area contributed by atoms with Crippen LogP contribution in [0.25, 0.3) is 16.9 Å². The normalized spacial score (nSPS) is 19.0. The molecule has 5 nitrogen and oxygen atoms in total. The fraction of sp³-hybridized carbons (Fsp3) is 0.294. The van der Waals surface area contributed by atoms with Crippen molar-refractivity contribution in [2.24, 2.45) is 0 Å². The molecule has 110 valence electrons. The van der Waals surface area contributed by atoms with Crippen LogP contribution in [0.2, 0.25) is 0 Å². The van der Waals surface area contributed by atoms with Crippen LogP contribution >= 0.6 is 0 Å². The number of imidazole rings is 1. The lowest BCUT2D eigenvalue weighted by atomic mass is 9.89. The summed E-state index contributed by atoms with van der Waals surface area (Å²) in [4.78, 5) is 4.61. The molecule has 1 atom stereocenters. The molecule has 1 aromatic carbocycles. The number of aliphatic hydroxyl groups excluding tert-OH is 1. The Kier molecular flexibility index (Phi) is 2.26. The van der Waals surface area contributed by atoms with Gasteiger partial charge in [-0.3, -0.25) is 4.57 Å². The van der Waals surface area contributed by atoms with Gasteiger partial charge in [-0.2, -0.15) is 4.40 Å². The van der Waals surface area contributed by atoms with Gasteiger partial charge in [0.25, 0.3) is 5.88 Å². The van der Waals surface area contributed by atoms with Crippen molar-refractivity contribution in [3.05, 3.63) is 47.4 Å². The molecule has 0 saturated heterocycles. The predicted molar refractivity (Wildman–Crippen MR) is 79.6 cm³/mol. The van der Waals surface area contributed by atoms with E-state index in [1.54, 1.807) is 10.7 Å². The number of rotatable bonds is 0. The van der Waals surface area contributed by atoms with Crippen molar-refractivity contribution >= 4 is 5.65 Å². The van der Waals surface area contributed by atoms with Gasteiger partial charge in [-0.1, -0.05) is 24.3 Å². The molecule has 1 unspecified atom stereocenters. The zero-order chi connectivity index (χ0) is 14.8. The SMILES string of the molecule is Oc1c2n(c3c4c(nc[n+]13)-c1ccccc1CC4)CC(O)C2. The highest BCUT2D eigenvalue weighted by Gasteiger charge is 2.36. The lowest BCUT2D eigenvalue weighted by Gasteiger charge is -2.16. The summed E-state index contributed by atoms with van der Waals surface area (Å²) in [6.07, 6.45) is 3.67. The molecule has 0 fully saturated rings. The number of aliphatic hydroxyl groups is 1. The van der Waals surface area contributed by atoms with Gasteiger partial charge in [-0.25, -0.2) is 0 Å². The first-order valence-corrected chi connectivity index (χ1v) is 7.64. The maximum absolute atomic E-state index is 10.4. The van der Waals surface area contributed by atoms with Crippen LogP contribution in [0.1, 0.15) is 16.8 Å². The highest BCUT2D eigenvalue weighted by Crippen LogP contribution is 2.35. The van der Waals surface area contributed by atoms with Gasteiger partial charge in [0, 0.05) is 12.0 Å². The summed E-state index contributed by atoms with van der Waals surface area (Å²) < 4.78 is 3.81. The average Bonchev–Trinajstić information content (AvgIpc) is 3.04. The van der Waals surface area contributed by atoms with E-state index in [1.165, 1.54) is 11.1 Å². The van der Waals surface area contributed by atoms with E-state index in [2.05, 4.69) is 27.8 Å². The predicted octanol–water partition coefficient (Wildman–Crippen LogP) is 1.01. The molecule has 2 N–H and O–H groups in total. The Balaban J connectivity index is 1.87. The summed E-state index contributed by atoms with van der Waals surface area (Å²) in [5.74, 6) is 0.209. The fourth-order valence-electron chi connectivity index (χ4n) is 3.92. The van der Waals surface area contributed by atoms with Crippen molar-refractivity contribution in [1.29, 1.82) is 0 Å². The number of hydrogen-bond acceptors (Lipinski definition) is 3. The van der Waals surface area contributed by atoms with E-state index < -0.39 is 6.10 Å². The van der Waals surface area contributed by atoms with E-state index in [9.17, 15) is 10.2 Å². The number of aryl methyl sites for hydroxylation is 2. The summed E-state index contributed by atoms with van der Waals surface area (Å²) >= 11 is 0. The summed E-state index contributed by atoms with van der Waals surface area (Å²) in [7, 11) is 0. The van der Waals surface area contributed by atoms with E-state index in [4.69, 9.17) is 0 Å². The minimum absolute atomic E-state index is 0.209. The van der Waals surface area contributed by atoms with Crippen LogP contribution in [0.4, 0.5) is 0 Å². The fourth-order valence-corrected chi connectivity index (χ4v) is 3.92. The largest absolute Gasteiger partial charge is 0.481 e. The molecule has 0 bridgehead atoms. The number of hydrogen-bond donors (Lipinski definition) is 2. The van der Waals surface area contributed by atoms with Crippen LogP contribution < -0.4 is 4.40 Å². The van der Waals surface area contributed by atoms with Gasteiger partial charge in [0.15, 0.2) is 11.4 Å². The molecule has 3 aromatic rings. The first-order valence-electron chi connectivity index (χ1n) is 7.64. The molecule has 0 amide bonds. The molecule has 2 aliphatic rings. The van der Waals surface area contributed by atoms with Gasteiger partial charge < -0.3 is 10.2 Å². The van der Waals surface area contributed by atoms with Crippen LogP contribution in [0.5, 0.6) is 5.88 Å². The highest BCUT2D eigenvalue weighted by atomic mass is 16.3. The monoisotopic (exact) mass is 294 g/mol. The van der Waals surface area contributed by atoms with E-state index in [-0.39, 0.29) is 5.88 Å². The molecule has 0 saturated carbocycles. The molecule has 5 heteroatoms. The molecule has 1 aliphatic carbocycles. The highest BCUT2D eigenvalue weighted by molar-refractivity contribution is 5.73. The van der Waals surface area contributed by atoms with Crippen LogP contribution in [0.15, 0.2) is 30.6 Å². The van der Waals surface area contributed by atoms with Crippen molar-refractivity contribution in [2.45, 2.75) is 31.9 Å². The summed E-state index contributed by atoms with van der Waals surface area (Å²) in [5.41, 5.74) is 6.45. The lowest BCUT2D eigenvalue weighted by molar-refractivity contribution is -0.525. The Labute approximate surface area is 127 Å². The zero-order valence-corrected chi connectivity index (χ0v) is 12.0. The molecular formula is C17H16N3O2+. The Morgan fingerprint density at radius 2 is 2.09 bits per heavy atom. The van der Waals surface area contributed by atoms with Gasteiger partial charge in [0.2, 0.25) is 12.0 Å². The van der Waals surface area contributed by atoms with Gasteiger partial charge in [-0.15, -0.1) is 4.98 Å². The van der Waals surface area contributed by atoms with Crippen molar-refractivity contribution < 1.29 is 14.6 Å². The van der Waals surface area contributed by atoms with Crippen LogP contribution in [0.3, 0.4) is 0 Å². The van der Waals surface area contributed by atoms with Gasteiger partial charge in [0.1, 0.15) is 0 Å². The second-order valence-corrected chi connectivity index (χ2v) is 6.16. The third kappa shape index (κ3) is 1.41. The molecule has 0 spiro atoms. The van der Waals surface area contributed by atoms with Gasteiger partial charge >= 0.3 is 0 Å². The molecular weight excluding hydrogens is 278 g/mol. The average molecular weight is 294 g/mol. The lowest BCUT2D eigenvalue weighted by Crippen LogP contribution is -2.26. The molecule has 0 radical (unpaired) electrons. The second-order valence-electron chi connectivity index (χ2n) is 6.16. The van der Waals surface area contributed by atoms with Gasteiger partial charge in [0.05, 0.1) is 18.2 Å². The minimum Gasteiger partial charge on any atom is -0.481 e. The number of aromatic hydroxyl groups is 1. The maximum atomic E-state index is 10.4.